The van der Waals surface area contributed by atoms with Gasteiger partial charge in [0.1, 0.15) is 6.61 Å². The Morgan fingerprint density at radius 1 is 1.24 bits per heavy atom. The summed E-state index contributed by atoms with van der Waals surface area (Å²) in [5, 5.41) is 9.96. The predicted molar refractivity (Wildman–Crippen MR) is 110 cm³/mol. The highest BCUT2D eigenvalue weighted by Crippen LogP contribution is 2.31. The number of amides is 2. The molecule has 2 heterocycles. The first-order chi connectivity index (χ1) is 14.2. The summed E-state index contributed by atoms with van der Waals surface area (Å²) >= 11 is 0. The van der Waals surface area contributed by atoms with Gasteiger partial charge in [-0.05, 0) is 61.8 Å². The third kappa shape index (κ3) is 4.34. The van der Waals surface area contributed by atoms with E-state index in [4.69, 9.17) is 4.74 Å². The number of carbonyl (C=O) groups excluding carboxylic acids is 2. The predicted octanol–water partition coefficient (Wildman–Crippen LogP) is 2.89. The third-order valence-corrected chi connectivity index (χ3v) is 5.93. The fourth-order valence-electron chi connectivity index (χ4n) is 4.47. The van der Waals surface area contributed by atoms with Crippen LogP contribution in [0.1, 0.15) is 58.8 Å². The molecule has 2 amide bonds. The van der Waals surface area contributed by atoms with Crippen LogP contribution >= 0.6 is 0 Å². The smallest absolute Gasteiger partial charge is 0.253 e. The number of rotatable bonds is 5. The number of aromatic nitrogens is 2. The number of carbonyl (C=O) groups is 2. The van der Waals surface area contributed by atoms with Crippen LogP contribution in [-0.4, -0.2) is 53.7 Å². The van der Waals surface area contributed by atoms with Crippen LogP contribution in [0.2, 0.25) is 0 Å². The van der Waals surface area contributed by atoms with Crippen molar-refractivity contribution in [3.05, 3.63) is 46.8 Å². The molecule has 1 atom stereocenters. The summed E-state index contributed by atoms with van der Waals surface area (Å²) in [6, 6.07) is 6.19. The lowest BCUT2D eigenvalue weighted by Crippen LogP contribution is -2.39. The van der Waals surface area contributed by atoms with E-state index in [-0.39, 0.29) is 24.3 Å². The first-order valence-electron chi connectivity index (χ1n) is 10.4. The van der Waals surface area contributed by atoms with Crippen molar-refractivity contribution in [2.24, 2.45) is 0 Å². The van der Waals surface area contributed by atoms with Gasteiger partial charge in [-0.25, -0.2) is 0 Å². The van der Waals surface area contributed by atoms with Gasteiger partial charge in [-0.2, -0.15) is 5.10 Å². The van der Waals surface area contributed by atoms with Crippen LogP contribution < -0.4 is 5.32 Å². The molecule has 7 nitrogen and oxygen atoms in total. The number of nitrogens with zero attached hydrogens (tertiary/aromatic N) is 2. The second-order valence-electron chi connectivity index (χ2n) is 7.96. The monoisotopic (exact) mass is 396 g/mol. The molecular formula is C22H28N4O3. The molecule has 0 bridgehead atoms. The Balaban J connectivity index is 1.47. The van der Waals surface area contributed by atoms with E-state index in [2.05, 4.69) is 27.6 Å². The highest BCUT2D eigenvalue weighted by Gasteiger charge is 2.28. The Hall–Kier alpha value is -2.67. The van der Waals surface area contributed by atoms with Gasteiger partial charge in [0.2, 0.25) is 5.91 Å². The van der Waals surface area contributed by atoms with Gasteiger partial charge >= 0.3 is 0 Å². The van der Waals surface area contributed by atoms with Crippen LogP contribution in [0.3, 0.4) is 0 Å². The van der Waals surface area contributed by atoms with Crippen molar-refractivity contribution in [2.45, 2.75) is 44.4 Å². The molecule has 2 N–H and O–H groups in total. The minimum Gasteiger partial charge on any atom is -0.375 e. The maximum Gasteiger partial charge on any atom is 0.253 e. The molecular weight excluding hydrogens is 368 g/mol. The average molecular weight is 396 g/mol. The van der Waals surface area contributed by atoms with Gasteiger partial charge in [-0.3, -0.25) is 14.7 Å². The molecule has 7 heteroatoms. The lowest BCUT2D eigenvalue weighted by atomic mass is 9.89. The number of anilines is 1. The molecule has 154 valence electrons. The summed E-state index contributed by atoms with van der Waals surface area (Å²) < 4.78 is 4.88. The molecule has 4 rings (SSSR count). The zero-order chi connectivity index (χ0) is 20.2. The summed E-state index contributed by atoms with van der Waals surface area (Å²) in [6.07, 6.45) is 8.11. The molecule has 1 fully saturated rings. The van der Waals surface area contributed by atoms with Crippen LogP contribution in [0, 0.1) is 0 Å². The summed E-state index contributed by atoms with van der Waals surface area (Å²) in [4.78, 5) is 27.0. The number of hydrogen-bond donors (Lipinski definition) is 2. The maximum absolute atomic E-state index is 13.2. The molecule has 0 spiro atoms. The van der Waals surface area contributed by atoms with Gasteiger partial charge in [0.15, 0.2) is 0 Å². The van der Waals surface area contributed by atoms with E-state index in [0.29, 0.717) is 12.2 Å². The number of aryl methyl sites for hydroxylation is 2. The number of methoxy groups -OCH3 is 1. The molecule has 2 aliphatic rings. The molecule has 0 saturated carbocycles. The van der Waals surface area contributed by atoms with E-state index in [1.165, 1.54) is 31.1 Å². The molecule has 29 heavy (non-hydrogen) atoms. The summed E-state index contributed by atoms with van der Waals surface area (Å²) in [5.74, 6) is -0.00817. The zero-order valence-electron chi connectivity index (χ0n) is 16.9. The van der Waals surface area contributed by atoms with Crippen molar-refractivity contribution in [3.63, 3.8) is 0 Å². The Kier molecular flexibility index (Phi) is 5.94. The van der Waals surface area contributed by atoms with Crippen LogP contribution in [0.5, 0.6) is 0 Å². The third-order valence-electron chi connectivity index (χ3n) is 5.93. The van der Waals surface area contributed by atoms with Crippen LogP contribution in [0.15, 0.2) is 24.4 Å². The highest BCUT2D eigenvalue weighted by molar-refractivity contribution is 5.95. The molecule has 0 radical (unpaired) electrons. The van der Waals surface area contributed by atoms with Gasteiger partial charge in [-0.1, -0.05) is 6.07 Å². The number of H-pyrrole nitrogens is 1. The molecule has 1 saturated heterocycles. The van der Waals surface area contributed by atoms with E-state index in [1.807, 2.05) is 11.0 Å². The van der Waals surface area contributed by atoms with E-state index >= 15 is 0 Å². The van der Waals surface area contributed by atoms with Crippen molar-refractivity contribution < 1.29 is 14.3 Å². The number of hydrogen-bond acceptors (Lipinski definition) is 4. The Labute approximate surface area is 170 Å². The average Bonchev–Trinajstić information content (AvgIpc) is 3.21. The molecule has 1 aromatic heterocycles. The van der Waals surface area contributed by atoms with E-state index in [9.17, 15) is 9.59 Å². The van der Waals surface area contributed by atoms with Crippen molar-refractivity contribution in [2.75, 3.05) is 32.1 Å². The van der Waals surface area contributed by atoms with Crippen molar-refractivity contribution >= 4 is 17.5 Å². The number of benzene rings is 1. The number of ether oxygens (including phenoxy) is 1. The van der Waals surface area contributed by atoms with E-state index in [1.54, 1.807) is 6.20 Å². The number of piperidine rings is 1. The van der Waals surface area contributed by atoms with Crippen molar-refractivity contribution in [3.8, 4) is 0 Å². The van der Waals surface area contributed by atoms with Gasteiger partial charge in [-0.15, -0.1) is 0 Å². The van der Waals surface area contributed by atoms with Crippen LogP contribution in [0.4, 0.5) is 5.69 Å². The molecule has 2 aromatic rings. The first kappa shape index (κ1) is 19.6. The molecule has 1 aromatic carbocycles. The summed E-state index contributed by atoms with van der Waals surface area (Å²) in [7, 11) is 1.49. The normalized spacial score (nSPS) is 18.9. The maximum atomic E-state index is 13.2. The van der Waals surface area contributed by atoms with E-state index < -0.39 is 0 Å². The second-order valence-corrected chi connectivity index (χ2v) is 7.96. The lowest BCUT2D eigenvalue weighted by Gasteiger charge is -2.33. The molecule has 1 aliphatic heterocycles. The lowest BCUT2D eigenvalue weighted by molar-refractivity contribution is -0.119. The van der Waals surface area contributed by atoms with Crippen LogP contribution in [-0.2, 0) is 22.4 Å². The quantitative estimate of drug-likeness (QED) is 0.814. The van der Waals surface area contributed by atoms with Gasteiger partial charge in [0, 0.05) is 31.7 Å². The van der Waals surface area contributed by atoms with Crippen molar-refractivity contribution in [1.82, 2.24) is 15.1 Å². The minimum absolute atomic E-state index is 0.00176. The van der Waals surface area contributed by atoms with Gasteiger partial charge < -0.3 is 15.0 Å². The standard InChI is InChI=1S/C22H28N4O3/c1-29-14-20(27)24-19-12-23-25-21(19)18-7-4-10-26(13-18)22(28)17-9-8-15-5-2-3-6-16(15)11-17/h8-9,11-12,18H,2-7,10,13-14H2,1H3,(H,23,25)(H,24,27). The van der Waals surface area contributed by atoms with Gasteiger partial charge in [0.25, 0.3) is 5.91 Å². The first-order valence-corrected chi connectivity index (χ1v) is 10.4. The fraction of sp³-hybridized carbons (Fsp3) is 0.500. The summed E-state index contributed by atoms with van der Waals surface area (Å²) in [5.41, 5.74) is 5.03. The van der Waals surface area contributed by atoms with Crippen LogP contribution in [0.25, 0.3) is 0 Å². The second kappa shape index (κ2) is 8.78. The highest BCUT2D eigenvalue weighted by atomic mass is 16.5. The fourth-order valence-corrected chi connectivity index (χ4v) is 4.47. The molecule has 1 aliphatic carbocycles. The largest absolute Gasteiger partial charge is 0.375 e. The Morgan fingerprint density at radius 2 is 2.07 bits per heavy atom. The Bertz CT molecular complexity index is 892. The number of fused-ring (bicyclic) bond motifs is 1. The SMILES string of the molecule is COCC(=O)Nc1cn[nH]c1C1CCCN(C(=O)c2ccc3c(c2)CCCC3)C1. The number of likely N-dealkylation sites (tertiary alicyclic amines) is 1. The van der Waals surface area contributed by atoms with Gasteiger partial charge in [0.05, 0.1) is 17.6 Å². The Morgan fingerprint density at radius 3 is 2.90 bits per heavy atom. The molecule has 1 unspecified atom stereocenters. The number of aromatic amines is 1. The zero-order valence-corrected chi connectivity index (χ0v) is 16.9. The van der Waals surface area contributed by atoms with Crippen molar-refractivity contribution in [1.29, 1.82) is 0 Å². The summed E-state index contributed by atoms with van der Waals surface area (Å²) in [6.45, 7) is 1.37. The number of nitrogens with one attached hydrogen (secondary N) is 2. The van der Waals surface area contributed by atoms with E-state index in [0.717, 1.165) is 43.5 Å². The topological polar surface area (TPSA) is 87.3 Å². The minimum atomic E-state index is -0.215.